The normalized spacial score (nSPS) is 19.6. The van der Waals surface area contributed by atoms with Gasteiger partial charge in [0.1, 0.15) is 13.2 Å². The van der Waals surface area contributed by atoms with E-state index in [-0.39, 0.29) is 26.3 Å². The van der Waals surface area contributed by atoms with Gasteiger partial charge in [-0.2, -0.15) is 0 Å². The molecule has 0 aromatic carbocycles. The lowest BCUT2D eigenvalue weighted by Crippen LogP contribution is -2.05. The Morgan fingerprint density at radius 1 is 1.64 bits per heavy atom. The molecule has 1 atom stereocenters. The molecule has 6 nitrogen and oxygen atoms in total. The molecule has 0 aliphatic carbocycles. The van der Waals surface area contributed by atoms with Crippen molar-refractivity contribution in [3.63, 3.8) is 0 Å². The molecule has 0 aromatic heterocycles. The molecule has 0 bridgehead atoms. The van der Waals surface area contributed by atoms with E-state index >= 15 is 0 Å². The van der Waals surface area contributed by atoms with Crippen LogP contribution in [0.15, 0.2) is 12.3 Å². The van der Waals surface area contributed by atoms with E-state index in [2.05, 4.69) is 4.74 Å². The summed E-state index contributed by atoms with van der Waals surface area (Å²) in [5.41, 5.74) is 0. The summed E-state index contributed by atoms with van der Waals surface area (Å²) in [5.74, 6) is -0.568. The smallest absolute Gasteiger partial charge is 0.333 e. The summed E-state index contributed by atoms with van der Waals surface area (Å²) in [5, 5.41) is 8.33. The molecule has 0 aromatic rings. The molecule has 1 saturated heterocycles. The van der Waals surface area contributed by atoms with E-state index in [1.54, 1.807) is 0 Å². The molecule has 0 spiro atoms. The minimum atomic E-state index is -0.568. The molecule has 1 heterocycles. The molecule has 1 unspecified atom stereocenters. The number of epoxide rings is 1. The van der Waals surface area contributed by atoms with Crippen LogP contribution in [0.3, 0.4) is 0 Å². The lowest BCUT2D eigenvalue weighted by molar-refractivity contribution is -0.138. The van der Waals surface area contributed by atoms with Crippen LogP contribution in [0.2, 0.25) is 0 Å². The van der Waals surface area contributed by atoms with Gasteiger partial charge in [-0.15, -0.1) is 0 Å². The van der Waals surface area contributed by atoms with Gasteiger partial charge in [0.2, 0.25) is 0 Å². The second-order valence-corrected chi connectivity index (χ2v) is 2.41. The highest BCUT2D eigenvalue weighted by Crippen LogP contribution is 2.09. The Hall–Kier alpha value is -1.11. The third kappa shape index (κ3) is 5.52. The van der Waals surface area contributed by atoms with Gasteiger partial charge in [0.25, 0.3) is 0 Å². The number of rotatable bonds is 7. The molecule has 1 fully saturated rings. The highest BCUT2D eigenvalue weighted by molar-refractivity contribution is 5.81. The van der Waals surface area contributed by atoms with Crippen molar-refractivity contribution in [2.75, 3.05) is 26.6 Å². The fourth-order valence-corrected chi connectivity index (χ4v) is 0.588. The second kappa shape index (κ2) is 6.36. The second-order valence-electron chi connectivity index (χ2n) is 2.41. The van der Waals surface area contributed by atoms with Crippen molar-refractivity contribution >= 4 is 5.97 Å². The van der Waals surface area contributed by atoms with Crippen LogP contribution in [0.25, 0.3) is 0 Å². The van der Waals surface area contributed by atoms with Crippen molar-refractivity contribution in [1.29, 1.82) is 0 Å². The van der Waals surface area contributed by atoms with Gasteiger partial charge < -0.3 is 24.1 Å². The van der Waals surface area contributed by atoms with Gasteiger partial charge in [-0.05, 0) is 0 Å². The van der Waals surface area contributed by atoms with Crippen LogP contribution in [0.5, 0.6) is 0 Å². The Kier molecular flexibility index (Phi) is 4.98. The Morgan fingerprint density at radius 3 is 3.07 bits per heavy atom. The van der Waals surface area contributed by atoms with E-state index in [9.17, 15) is 4.79 Å². The Labute approximate surface area is 81.0 Å². The maximum atomic E-state index is 10.7. The minimum absolute atomic E-state index is 0.0183. The van der Waals surface area contributed by atoms with Crippen molar-refractivity contribution in [2.45, 2.75) is 6.29 Å². The molecule has 14 heavy (non-hydrogen) atoms. The summed E-state index contributed by atoms with van der Waals surface area (Å²) < 4.78 is 19.0. The Bertz CT molecular complexity index is 198. The lowest BCUT2D eigenvalue weighted by Gasteiger charge is -1.99. The molecule has 0 amide bonds. The predicted molar refractivity (Wildman–Crippen MR) is 44.0 cm³/mol. The van der Waals surface area contributed by atoms with Crippen LogP contribution in [-0.2, 0) is 23.7 Å². The number of carbonyl (C=O) groups excluding carboxylic acids is 1. The van der Waals surface area contributed by atoms with Crippen molar-refractivity contribution in [1.82, 2.24) is 0 Å². The van der Waals surface area contributed by atoms with Crippen molar-refractivity contribution in [3.8, 4) is 0 Å². The molecule has 6 heteroatoms. The first kappa shape index (κ1) is 11.0. The van der Waals surface area contributed by atoms with Crippen LogP contribution in [-0.4, -0.2) is 44.0 Å². The molecule has 0 radical (unpaired) electrons. The van der Waals surface area contributed by atoms with Gasteiger partial charge in [-0.25, -0.2) is 4.79 Å². The van der Waals surface area contributed by atoms with Gasteiger partial charge in [-0.3, -0.25) is 0 Å². The molecular formula is C8H12O6. The van der Waals surface area contributed by atoms with Crippen LogP contribution in [0.4, 0.5) is 0 Å². The van der Waals surface area contributed by atoms with Gasteiger partial charge in [-0.1, -0.05) is 0 Å². The van der Waals surface area contributed by atoms with E-state index < -0.39 is 5.97 Å². The highest BCUT2D eigenvalue weighted by atomic mass is 16.8. The van der Waals surface area contributed by atoms with Crippen LogP contribution in [0, 0.1) is 0 Å². The van der Waals surface area contributed by atoms with Crippen LogP contribution < -0.4 is 0 Å². The van der Waals surface area contributed by atoms with Gasteiger partial charge in [0.15, 0.2) is 13.1 Å². The fourth-order valence-electron chi connectivity index (χ4n) is 0.588. The summed E-state index contributed by atoms with van der Waals surface area (Å²) >= 11 is 0. The third-order valence-corrected chi connectivity index (χ3v) is 1.26. The molecule has 0 saturated carbocycles. The van der Waals surface area contributed by atoms with Crippen molar-refractivity contribution < 1.29 is 28.8 Å². The quantitative estimate of drug-likeness (QED) is 0.149. The first-order chi connectivity index (χ1) is 6.83. The molecule has 1 rings (SSSR count). The Morgan fingerprint density at radius 2 is 2.43 bits per heavy atom. The third-order valence-electron chi connectivity index (χ3n) is 1.26. The number of ether oxygens (including phenoxy) is 4. The maximum absolute atomic E-state index is 10.7. The van der Waals surface area contributed by atoms with Crippen LogP contribution >= 0.6 is 0 Å². The van der Waals surface area contributed by atoms with E-state index in [0.717, 1.165) is 6.08 Å². The van der Waals surface area contributed by atoms with Crippen LogP contribution in [0.1, 0.15) is 0 Å². The molecule has 1 aliphatic rings. The summed E-state index contributed by atoms with van der Waals surface area (Å²) in [4.78, 5) is 10.7. The fraction of sp³-hybridized carbons (Fsp3) is 0.625. The molecular weight excluding hydrogens is 192 g/mol. The molecule has 80 valence electrons. The number of hydrogen-bond acceptors (Lipinski definition) is 6. The summed E-state index contributed by atoms with van der Waals surface area (Å²) in [7, 11) is 0. The van der Waals surface area contributed by atoms with Gasteiger partial charge in [0, 0.05) is 0 Å². The number of esters is 1. The summed E-state index contributed by atoms with van der Waals surface area (Å²) in [6.07, 6.45) is 2.11. The number of carbonyl (C=O) groups is 1. The van der Waals surface area contributed by atoms with Gasteiger partial charge >= 0.3 is 5.97 Å². The first-order valence-electron chi connectivity index (χ1n) is 4.12. The zero-order valence-corrected chi connectivity index (χ0v) is 7.55. The van der Waals surface area contributed by atoms with Gasteiger partial charge in [0.05, 0.1) is 18.9 Å². The van der Waals surface area contributed by atoms with E-state index in [4.69, 9.17) is 19.3 Å². The summed E-state index contributed by atoms with van der Waals surface area (Å²) in [6, 6.07) is 0. The largest absolute Gasteiger partial charge is 0.475 e. The molecule has 1 N–H and O–H groups in total. The zero-order chi connectivity index (χ0) is 10.2. The van der Waals surface area contributed by atoms with E-state index in [1.165, 1.54) is 6.26 Å². The van der Waals surface area contributed by atoms with Crippen molar-refractivity contribution in [2.24, 2.45) is 0 Å². The number of aliphatic hydroxyl groups is 1. The SMILES string of the molecule is O=C(C=COCOC1CO1)OCCO. The van der Waals surface area contributed by atoms with E-state index in [0.29, 0.717) is 6.61 Å². The average Bonchev–Trinajstić information content (AvgIpc) is 2.98. The summed E-state index contributed by atoms with van der Waals surface area (Å²) in [6.45, 7) is 0.415. The van der Waals surface area contributed by atoms with E-state index in [1.807, 2.05) is 0 Å². The zero-order valence-electron chi connectivity index (χ0n) is 7.55. The maximum Gasteiger partial charge on any atom is 0.333 e. The predicted octanol–water partition coefficient (Wildman–Crippen LogP) is -0.617. The lowest BCUT2D eigenvalue weighted by atomic mass is 10.6. The minimum Gasteiger partial charge on any atom is -0.475 e. The Balaban J connectivity index is 1.92. The molecule has 1 aliphatic heterocycles. The van der Waals surface area contributed by atoms with Crippen molar-refractivity contribution in [3.05, 3.63) is 12.3 Å². The average molecular weight is 204 g/mol. The standard InChI is InChI=1S/C8H12O6/c9-2-4-12-7(10)1-3-11-6-14-8-5-13-8/h1,3,8-9H,2,4-6H2. The number of hydrogen-bond donors (Lipinski definition) is 1. The topological polar surface area (TPSA) is 77.5 Å². The monoisotopic (exact) mass is 204 g/mol. The first-order valence-corrected chi connectivity index (χ1v) is 4.12. The number of aliphatic hydroxyl groups excluding tert-OH is 1. The highest BCUT2D eigenvalue weighted by Gasteiger charge is 2.22.